The lowest BCUT2D eigenvalue weighted by molar-refractivity contribution is -0.0462. The maximum atomic E-state index is 8.68. The van der Waals surface area contributed by atoms with Crippen molar-refractivity contribution < 1.29 is 9.94 Å². The van der Waals surface area contributed by atoms with Gasteiger partial charge in [-0.05, 0) is 44.4 Å². The van der Waals surface area contributed by atoms with Gasteiger partial charge < -0.3 is 9.94 Å². The molecule has 92 valence electrons. The SMILES string of the molecule is CC1CCCC(OC2CCC(=NO)CC2)C1. The monoisotopic (exact) mass is 225 g/mol. The topological polar surface area (TPSA) is 41.8 Å². The summed E-state index contributed by atoms with van der Waals surface area (Å²) in [5.74, 6) is 0.830. The average molecular weight is 225 g/mol. The first-order chi connectivity index (χ1) is 7.78. The minimum Gasteiger partial charge on any atom is -0.411 e. The summed E-state index contributed by atoms with van der Waals surface area (Å²) in [6.45, 7) is 2.33. The second-order valence-corrected chi connectivity index (χ2v) is 5.40. The average Bonchev–Trinajstić information content (AvgIpc) is 2.30. The van der Waals surface area contributed by atoms with Crippen LogP contribution in [0.2, 0.25) is 0 Å². The summed E-state index contributed by atoms with van der Waals surface area (Å²) >= 11 is 0. The van der Waals surface area contributed by atoms with Gasteiger partial charge in [-0.1, -0.05) is 24.9 Å². The molecule has 0 saturated heterocycles. The Morgan fingerprint density at radius 2 is 1.88 bits per heavy atom. The van der Waals surface area contributed by atoms with Gasteiger partial charge in [0.2, 0.25) is 0 Å². The van der Waals surface area contributed by atoms with Crippen LogP contribution in [0.3, 0.4) is 0 Å². The second kappa shape index (κ2) is 5.67. The zero-order valence-corrected chi connectivity index (χ0v) is 10.2. The van der Waals surface area contributed by atoms with Crippen molar-refractivity contribution in [1.29, 1.82) is 0 Å². The number of nitrogens with zero attached hydrogens (tertiary/aromatic N) is 1. The lowest BCUT2D eigenvalue weighted by atomic mass is 9.88. The van der Waals surface area contributed by atoms with Gasteiger partial charge in [0.15, 0.2) is 0 Å². The van der Waals surface area contributed by atoms with E-state index in [1.54, 1.807) is 0 Å². The Hall–Kier alpha value is -0.570. The Labute approximate surface area is 97.9 Å². The van der Waals surface area contributed by atoms with E-state index in [1.165, 1.54) is 25.7 Å². The van der Waals surface area contributed by atoms with Crippen LogP contribution in [0.25, 0.3) is 0 Å². The molecule has 2 rings (SSSR count). The molecule has 2 atom stereocenters. The minimum atomic E-state index is 0.404. The number of rotatable bonds is 2. The van der Waals surface area contributed by atoms with Crippen LogP contribution in [-0.4, -0.2) is 23.1 Å². The fourth-order valence-corrected chi connectivity index (χ4v) is 2.93. The molecule has 2 aliphatic carbocycles. The smallest absolute Gasteiger partial charge is 0.0586 e. The third kappa shape index (κ3) is 3.21. The molecular formula is C13H23NO2. The maximum absolute atomic E-state index is 8.68. The van der Waals surface area contributed by atoms with Gasteiger partial charge in [0, 0.05) is 0 Å². The van der Waals surface area contributed by atoms with Crippen molar-refractivity contribution in [2.24, 2.45) is 11.1 Å². The molecule has 0 amide bonds. The summed E-state index contributed by atoms with van der Waals surface area (Å²) in [6.07, 6.45) is 9.93. The van der Waals surface area contributed by atoms with E-state index >= 15 is 0 Å². The molecule has 2 unspecified atom stereocenters. The van der Waals surface area contributed by atoms with E-state index in [0.29, 0.717) is 12.2 Å². The van der Waals surface area contributed by atoms with E-state index in [4.69, 9.17) is 9.94 Å². The lowest BCUT2D eigenvalue weighted by Gasteiger charge is -2.32. The van der Waals surface area contributed by atoms with Crippen molar-refractivity contribution in [3.05, 3.63) is 0 Å². The molecule has 2 aliphatic rings. The van der Waals surface area contributed by atoms with E-state index in [-0.39, 0.29) is 0 Å². The molecule has 1 N–H and O–H groups in total. The summed E-state index contributed by atoms with van der Waals surface area (Å²) in [4.78, 5) is 0. The molecule has 0 aromatic rings. The first-order valence-corrected chi connectivity index (χ1v) is 6.63. The van der Waals surface area contributed by atoms with Gasteiger partial charge in [-0.3, -0.25) is 0 Å². The van der Waals surface area contributed by atoms with Crippen molar-refractivity contribution in [3.63, 3.8) is 0 Å². The standard InChI is InChI=1S/C13H23NO2/c1-10-3-2-4-13(9-10)16-12-7-5-11(14-15)6-8-12/h10,12-13,15H,2-9H2,1H3. The molecule has 0 aliphatic heterocycles. The highest BCUT2D eigenvalue weighted by atomic mass is 16.5. The first-order valence-electron chi connectivity index (χ1n) is 6.63. The van der Waals surface area contributed by atoms with E-state index in [1.807, 2.05) is 0 Å². The van der Waals surface area contributed by atoms with Gasteiger partial charge in [0.1, 0.15) is 0 Å². The van der Waals surface area contributed by atoms with Crippen LogP contribution in [0.4, 0.5) is 0 Å². The van der Waals surface area contributed by atoms with Gasteiger partial charge >= 0.3 is 0 Å². The number of oxime groups is 1. The highest BCUT2D eigenvalue weighted by Crippen LogP contribution is 2.29. The van der Waals surface area contributed by atoms with Crippen molar-refractivity contribution in [3.8, 4) is 0 Å². The molecule has 3 heteroatoms. The second-order valence-electron chi connectivity index (χ2n) is 5.40. The Morgan fingerprint density at radius 3 is 2.50 bits per heavy atom. The van der Waals surface area contributed by atoms with Gasteiger partial charge in [-0.15, -0.1) is 0 Å². The van der Waals surface area contributed by atoms with Crippen LogP contribution < -0.4 is 0 Å². The molecule has 0 heterocycles. The zero-order valence-electron chi connectivity index (χ0n) is 10.2. The van der Waals surface area contributed by atoms with E-state index in [9.17, 15) is 0 Å². The van der Waals surface area contributed by atoms with Crippen LogP contribution in [-0.2, 0) is 4.74 Å². The normalized spacial score (nSPS) is 36.1. The van der Waals surface area contributed by atoms with Gasteiger partial charge in [-0.25, -0.2) is 0 Å². The molecular weight excluding hydrogens is 202 g/mol. The lowest BCUT2D eigenvalue weighted by Crippen LogP contribution is -2.30. The van der Waals surface area contributed by atoms with Crippen LogP contribution in [0.1, 0.15) is 58.3 Å². The molecule has 0 bridgehead atoms. The van der Waals surface area contributed by atoms with Crippen LogP contribution >= 0.6 is 0 Å². The van der Waals surface area contributed by atoms with Gasteiger partial charge in [-0.2, -0.15) is 0 Å². The molecule has 0 spiro atoms. The minimum absolute atomic E-state index is 0.404. The molecule has 0 aromatic carbocycles. The quantitative estimate of drug-likeness (QED) is 0.578. The third-order valence-electron chi connectivity index (χ3n) is 3.92. The van der Waals surface area contributed by atoms with Crippen LogP contribution in [0.15, 0.2) is 5.16 Å². The van der Waals surface area contributed by atoms with E-state index < -0.39 is 0 Å². The van der Waals surface area contributed by atoms with Crippen LogP contribution in [0.5, 0.6) is 0 Å². The molecule has 16 heavy (non-hydrogen) atoms. The van der Waals surface area contributed by atoms with Crippen molar-refractivity contribution >= 4 is 5.71 Å². The number of hydrogen-bond donors (Lipinski definition) is 1. The molecule has 2 fully saturated rings. The summed E-state index contributed by atoms with van der Waals surface area (Å²) < 4.78 is 6.16. The third-order valence-corrected chi connectivity index (χ3v) is 3.92. The first kappa shape index (κ1) is 11.9. The highest BCUT2D eigenvalue weighted by Gasteiger charge is 2.25. The summed E-state index contributed by atoms with van der Waals surface area (Å²) in [6, 6.07) is 0. The Bertz CT molecular complexity index is 242. The van der Waals surface area contributed by atoms with Crippen LogP contribution in [0, 0.1) is 5.92 Å². The molecule has 2 saturated carbocycles. The Kier molecular flexibility index (Phi) is 4.22. The molecule has 0 aromatic heterocycles. The number of hydrogen-bond acceptors (Lipinski definition) is 3. The summed E-state index contributed by atoms with van der Waals surface area (Å²) in [5.41, 5.74) is 0.942. The Morgan fingerprint density at radius 1 is 1.12 bits per heavy atom. The van der Waals surface area contributed by atoms with Crippen molar-refractivity contribution in [1.82, 2.24) is 0 Å². The van der Waals surface area contributed by atoms with Gasteiger partial charge in [0.05, 0.1) is 17.9 Å². The van der Waals surface area contributed by atoms with Crippen molar-refractivity contribution in [2.45, 2.75) is 70.5 Å². The fraction of sp³-hybridized carbons (Fsp3) is 0.923. The predicted molar refractivity (Wildman–Crippen MR) is 64.0 cm³/mol. The van der Waals surface area contributed by atoms with Gasteiger partial charge in [0.25, 0.3) is 0 Å². The van der Waals surface area contributed by atoms with E-state index in [0.717, 1.165) is 37.3 Å². The maximum Gasteiger partial charge on any atom is 0.0586 e. The Balaban J connectivity index is 1.73. The fourth-order valence-electron chi connectivity index (χ4n) is 2.93. The molecule has 3 nitrogen and oxygen atoms in total. The largest absolute Gasteiger partial charge is 0.411 e. The highest BCUT2D eigenvalue weighted by molar-refractivity contribution is 5.84. The van der Waals surface area contributed by atoms with Crippen molar-refractivity contribution in [2.75, 3.05) is 0 Å². The number of ether oxygens (including phenoxy) is 1. The van der Waals surface area contributed by atoms with E-state index in [2.05, 4.69) is 12.1 Å². The zero-order chi connectivity index (χ0) is 11.4. The summed E-state index contributed by atoms with van der Waals surface area (Å²) in [5, 5.41) is 12.0. The molecule has 0 radical (unpaired) electrons. The predicted octanol–water partition coefficient (Wildman–Crippen LogP) is 3.35. The summed E-state index contributed by atoms with van der Waals surface area (Å²) in [7, 11) is 0.